The van der Waals surface area contributed by atoms with Crippen LogP contribution in [-0.2, 0) is 43.2 Å². The van der Waals surface area contributed by atoms with Crippen LogP contribution in [0.2, 0.25) is 0 Å². The first-order chi connectivity index (χ1) is 52.5. The van der Waals surface area contributed by atoms with Crippen molar-refractivity contribution in [3.8, 4) is 45.5 Å². The molecule has 0 fully saturated rings. The van der Waals surface area contributed by atoms with Gasteiger partial charge in [-0.3, -0.25) is 18.4 Å². The van der Waals surface area contributed by atoms with E-state index in [0.29, 0.717) is 46.6 Å². The number of hydrogen-bond acceptors (Lipinski definition) is 20. The van der Waals surface area contributed by atoms with E-state index in [9.17, 15) is 34.5 Å². The highest BCUT2D eigenvalue weighted by Gasteiger charge is 2.19. The third-order valence-corrected chi connectivity index (χ3v) is 16.5. The maximum absolute atomic E-state index is 12.0. The van der Waals surface area contributed by atoms with Gasteiger partial charge in [0.15, 0.2) is 11.6 Å². The van der Waals surface area contributed by atoms with E-state index in [0.717, 1.165) is 92.8 Å². The quantitative estimate of drug-likeness (QED) is 0.0177. The lowest BCUT2D eigenvalue weighted by molar-refractivity contribution is -0.193. The summed E-state index contributed by atoms with van der Waals surface area (Å²) in [6.07, 6.45) is 9.43. The average molecular weight is 1570 g/mol. The highest BCUT2D eigenvalue weighted by Crippen LogP contribution is 2.35. The number of carbonyl (C=O) groups is 4. The number of carboxylic acids is 1. The van der Waals surface area contributed by atoms with Gasteiger partial charge in [0.05, 0.1) is 23.1 Å². The van der Waals surface area contributed by atoms with Crippen LogP contribution in [0.5, 0.6) is 23.0 Å². The molecule has 0 aliphatic rings. The van der Waals surface area contributed by atoms with Crippen molar-refractivity contribution in [2.45, 2.75) is 82.1 Å². The number of nitrogen functional groups attached to an aromatic ring is 2. The number of halogens is 1. The SMILES string of the molecule is C.C.CCOC(=O)c1ccc(N)cc1.CCc1ccc(CCC(=O)c2ccc(O)cc2)cc1.CCc1ccc(Nc2c(-c3ccc(O)cc3)nc3c(C)cccn23)cc1.Cc1cccn2c(Nc3ccc(C(=O)O)cc3)c(-c3ccc(O)cc3)nc12.Cc1cccnc1N.O=C(CBr)c1ccc(O)cc1.O=C=O.O=C=O. The Bertz CT molecular complexity index is 5110. The van der Waals surface area contributed by atoms with Crippen molar-refractivity contribution in [2.24, 2.45) is 0 Å². The lowest BCUT2D eigenvalue weighted by Gasteiger charge is -2.10. The number of nitrogens with two attached hydrogens (primary N) is 2. The Hall–Kier alpha value is -13.8. The molecule has 0 spiro atoms. The maximum atomic E-state index is 12.0. The number of nitrogens with zero attached hydrogens (tertiary/aromatic N) is 5. The Morgan fingerprint density at radius 2 is 0.829 bits per heavy atom. The molecule has 8 aromatic carbocycles. The molecule has 0 unspecified atom stereocenters. The summed E-state index contributed by atoms with van der Waals surface area (Å²) in [5.41, 5.74) is 27.5. The fourth-order valence-electron chi connectivity index (χ4n) is 10.1. The monoisotopic (exact) mass is 1560 g/mol. The number of carboxylic acid groups (broad SMARTS) is 1. The predicted molar refractivity (Wildman–Crippen MR) is 436 cm³/mol. The van der Waals surface area contributed by atoms with Gasteiger partial charge in [-0.05, 0) is 256 Å². The zero-order chi connectivity index (χ0) is 79.4. The van der Waals surface area contributed by atoms with Crippen molar-refractivity contribution in [3.05, 3.63) is 305 Å². The largest absolute Gasteiger partial charge is 0.508 e. The van der Waals surface area contributed by atoms with E-state index >= 15 is 0 Å². The standard InChI is InChI=1S/C22H21N3O.C21H17N3O3.C17H18O2.C9H11NO2.C8H7BrO2.C6H8N2.2CO2.2CH4/c1-3-16-6-10-18(11-7-16)23-22-20(17-8-12-19(26)13-9-17)24-21-15(2)5-4-14-25(21)22;1-13-3-2-12-24-19(13)23-18(14-6-10-17(25)11-7-14)20(24)22-16-8-4-15(5-9-16)21(26)27;1-2-13-3-5-14(6-4-13)7-12-17(19)15-8-10-16(18)11-9-15;1-2-12-9(11)7-3-5-8(10)6-4-7;9-5-8(11)6-1-3-7(10)4-2-6;1-5-3-2-4-8-6(5)7;2*2-1-3;;/h4-14,23,26H,3H2,1-2H3;2-12,22,25H,1H3,(H,26,27);3-6,8-11,18H,2,7,12H2,1H3;3-6H,2,10H2,1H3;1-4,10H,5H2;2-4H,1H3,(H2,7,8);;;2*1H4. The number of pyridine rings is 3. The minimum Gasteiger partial charge on any atom is -0.508 e. The smallest absolute Gasteiger partial charge is 0.373 e. The second-order valence-corrected chi connectivity index (χ2v) is 24.2. The van der Waals surface area contributed by atoms with Gasteiger partial charge in [-0.2, -0.15) is 19.2 Å². The number of carbonyl (C=O) groups excluding carboxylic acids is 7. The van der Waals surface area contributed by atoms with Crippen molar-refractivity contribution in [1.82, 2.24) is 23.8 Å². The van der Waals surface area contributed by atoms with E-state index in [1.54, 1.807) is 122 Å². The number of imidazole rings is 2. The van der Waals surface area contributed by atoms with E-state index in [2.05, 4.69) is 111 Å². The van der Waals surface area contributed by atoms with Crippen molar-refractivity contribution in [1.29, 1.82) is 0 Å². The van der Waals surface area contributed by atoms with Crippen molar-refractivity contribution in [2.75, 3.05) is 34.0 Å². The number of ketones is 2. The van der Waals surface area contributed by atoms with E-state index in [1.807, 2.05) is 85.2 Å². The number of Topliss-reactive ketones (excluding diaryl/α,β-unsaturated/α-hetero) is 2. The number of aromatic hydroxyl groups is 4. The van der Waals surface area contributed by atoms with Crippen LogP contribution >= 0.6 is 15.9 Å². The third-order valence-electron chi connectivity index (χ3n) is 16.0. The van der Waals surface area contributed by atoms with Gasteiger partial charge in [0.2, 0.25) is 0 Å². The molecule has 5 heterocycles. The molecule has 574 valence electrons. The molecule has 0 amide bonds. The highest BCUT2D eigenvalue weighted by molar-refractivity contribution is 9.09. The highest BCUT2D eigenvalue weighted by atomic mass is 79.9. The number of fused-ring (bicyclic) bond motifs is 2. The van der Waals surface area contributed by atoms with Gasteiger partial charge in [-0.25, -0.2) is 24.5 Å². The lowest BCUT2D eigenvalue weighted by atomic mass is 10.0. The number of phenolic OH excluding ortho intramolecular Hbond substituents is 4. The summed E-state index contributed by atoms with van der Waals surface area (Å²) in [5, 5.41) is 53.5. The van der Waals surface area contributed by atoms with Gasteiger partial charge in [-0.15, -0.1) is 0 Å². The molecule has 0 saturated heterocycles. The molecule has 13 aromatic rings. The molecule has 11 N–H and O–H groups in total. The Kier molecular flexibility index (Phi) is 37.4. The second-order valence-electron chi connectivity index (χ2n) is 23.6. The van der Waals surface area contributed by atoms with Crippen LogP contribution in [0.15, 0.2) is 249 Å². The minimum absolute atomic E-state index is 0. The molecule has 0 aliphatic carbocycles. The molecule has 13 rings (SSSR count). The van der Waals surface area contributed by atoms with Crippen LogP contribution in [0.3, 0.4) is 0 Å². The number of phenols is 4. The van der Waals surface area contributed by atoms with Crippen LogP contribution in [0.25, 0.3) is 33.8 Å². The lowest BCUT2D eigenvalue weighted by Crippen LogP contribution is -2.04. The Labute approximate surface area is 652 Å². The van der Waals surface area contributed by atoms with Gasteiger partial charge in [-0.1, -0.05) is 99.2 Å². The van der Waals surface area contributed by atoms with Gasteiger partial charge in [0, 0.05) is 64.3 Å². The summed E-state index contributed by atoms with van der Waals surface area (Å²) in [6, 6.07) is 68.5. The number of aromatic nitrogens is 5. The number of hydrogen-bond donors (Lipinski definition) is 9. The van der Waals surface area contributed by atoms with Gasteiger partial charge in [0.1, 0.15) is 63.1 Å². The van der Waals surface area contributed by atoms with Crippen molar-refractivity contribution < 1.29 is 68.6 Å². The fraction of sp³-hybridized carbons (Fsp3) is 0.161. The van der Waals surface area contributed by atoms with E-state index < -0.39 is 5.97 Å². The van der Waals surface area contributed by atoms with Crippen LogP contribution in [0, 0.1) is 20.8 Å². The Morgan fingerprint density at radius 3 is 1.20 bits per heavy atom. The van der Waals surface area contributed by atoms with Crippen LogP contribution < -0.4 is 22.1 Å². The molecule has 0 aliphatic heterocycles. The third kappa shape index (κ3) is 27.8. The topological polar surface area (TPSA) is 371 Å². The average Bonchev–Trinajstić information content (AvgIpc) is 1.63. The summed E-state index contributed by atoms with van der Waals surface area (Å²) >= 11 is 3.06. The first kappa shape index (κ1) is 89.6. The molecule has 111 heavy (non-hydrogen) atoms. The number of rotatable bonds is 17. The first-order valence-corrected chi connectivity index (χ1v) is 35.1. The summed E-state index contributed by atoms with van der Waals surface area (Å²) in [7, 11) is 0. The number of alkyl halides is 1. The Morgan fingerprint density at radius 1 is 0.468 bits per heavy atom. The summed E-state index contributed by atoms with van der Waals surface area (Å²) in [5.74, 6) is 1.96. The second kappa shape index (κ2) is 46.3. The zero-order valence-electron chi connectivity index (χ0n) is 60.6. The predicted octanol–water partition coefficient (Wildman–Crippen LogP) is 18.0. The Balaban J connectivity index is 0.000000288. The number of nitrogens with one attached hydrogen (secondary N) is 2. The van der Waals surface area contributed by atoms with Crippen LogP contribution in [-0.4, -0.2) is 97.0 Å². The molecule has 0 saturated carbocycles. The number of anilines is 6. The molecule has 0 bridgehead atoms. The van der Waals surface area contributed by atoms with E-state index in [-0.39, 0.29) is 73.3 Å². The number of aryl methyl sites for hydroxylation is 6. The molecule has 0 radical (unpaired) electrons. The van der Waals surface area contributed by atoms with Gasteiger partial charge < -0.3 is 52.4 Å². The molecular weight excluding hydrogens is 1470 g/mol. The van der Waals surface area contributed by atoms with E-state index in [1.165, 1.54) is 28.8 Å². The summed E-state index contributed by atoms with van der Waals surface area (Å²) in [4.78, 5) is 91.1. The summed E-state index contributed by atoms with van der Waals surface area (Å²) < 4.78 is 8.82. The minimum atomic E-state index is -0.961. The molecule has 23 nitrogen and oxygen atoms in total. The summed E-state index contributed by atoms with van der Waals surface area (Å²) in [6.45, 7) is 12.4. The maximum Gasteiger partial charge on any atom is 0.373 e. The van der Waals surface area contributed by atoms with Gasteiger partial charge >= 0.3 is 24.2 Å². The molecule has 24 heteroatoms. The number of benzene rings is 8. The molecule has 0 atom stereocenters. The normalized spacial score (nSPS) is 9.76. The van der Waals surface area contributed by atoms with Crippen molar-refractivity contribution >= 4 is 97.5 Å². The molecular formula is C87H90BrN9O14. The first-order valence-electron chi connectivity index (χ1n) is 34.0. The molecule has 5 aromatic heterocycles. The van der Waals surface area contributed by atoms with E-state index in [4.69, 9.17) is 55.6 Å². The fourth-order valence-corrected chi connectivity index (χ4v) is 10.5. The number of esters is 1. The van der Waals surface area contributed by atoms with Crippen LogP contribution in [0.1, 0.15) is 117 Å². The number of ether oxygens (including phenoxy) is 1. The zero-order valence-corrected chi connectivity index (χ0v) is 62.2. The number of aromatic carboxylic acids is 1. The van der Waals surface area contributed by atoms with Gasteiger partial charge in [0.25, 0.3) is 0 Å². The van der Waals surface area contributed by atoms with Crippen molar-refractivity contribution in [3.63, 3.8) is 0 Å². The van der Waals surface area contributed by atoms with Crippen LogP contribution in [0.4, 0.5) is 34.5 Å².